The summed E-state index contributed by atoms with van der Waals surface area (Å²) in [5.41, 5.74) is 2.29. The highest BCUT2D eigenvalue weighted by atomic mass is 16.5. The molecule has 0 saturated heterocycles. The molecule has 26 heavy (non-hydrogen) atoms. The van der Waals surface area contributed by atoms with E-state index in [0.717, 1.165) is 61.5 Å². The van der Waals surface area contributed by atoms with Gasteiger partial charge in [0.25, 0.3) is 0 Å². The summed E-state index contributed by atoms with van der Waals surface area (Å²) in [5, 5.41) is 0.830. The first-order valence-electron chi connectivity index (χ1n) is 9.85. The Bertz CT molecular complexity index is 916. The molecule has 4 rings (SSSR count). The van der Waals surface area contributed by atoms with Crippen molar-refractivity contribution in [3.05, 3.63) is 39.2 Å². The minimum Gasteiger partial charge on any atom is -0.485 e. The maximum atomic E-state index is 13.0. The van der Waals surface area contributed by atoms with E-state index in [-0.39, 0.29) is 17.0 Å². The van der Waals surface area contributed by atoms with E-state index in [2.05, 4.69) is 6.92 Å². The van der Waals surface area contributed by atoms with E-state index in [9.17, 15) is 9.59 Å². The Balaban J connectivity index is 1.95. The van der Waals surface area contributed by atoms with Crippen LogP contribution < -0.4 is 10.4 Å². The van der Waals surface area contributed by atoms with Crippen molar-refractivity contribution < 1.29 is 13.9 Å². The maximum Gasteiger partial charge on any atom is 0.336 e. The molecular weight excluding hydrogens is 328 g/mol. The molecule has 1 aliphatic heterocycles. The smallest absolute Gasteiger partial charge is 0.336 e. The van der Waals surface area contributed by atoms with Crippen LogP contribution in [0.1, 0.15) is 79.8 Å². The van der Waals surface area contributed by atoms with E-state index in [1.54, 1.807) is 6.07 Å². The zero-order chi connectivity index (χ0) is 18.3. The summed E-state index contributed by atoms with van der Waals surface area (Å²) in [6, 6.07) is 3.40. The number of carbonyl (C=O) groups is 1. The van der Waals surface area contributed by atoms with Crippen molar-refractivity contribution in [2.45, 2.75) is 77.2 Å². The third-order valence-electron chi connectivity index (χ3n) is 5.91. The third-order valence-corrected chi connectivity index (χ3v) is 5.91. The van der Waals surface area contributed by atoms with Gasteiger partial charge in [-0.05, 0) is 62.6 Å². The quantitative estimate of drug-likeness (QED) is 0.719. The summed E-state index contributed by atoms with van der Waals surface area (Å²) >= 11 is 0. The lowest BCUT2D eigenvalue weighted by Gasteiger charge is -2.41. The number of rotatable bonds is 3. The fourth-order valence-corrected chi connectivity index (χ4v) is 4.62. The van der Waals surface area contributed by atoms with Crippen molar-refractivity contribution in [3.63, 3.8) is 0 Å². The van der Waals surface area contributed by atoms with E-state index in [1.165, 1.54) is 6.42 Å². The van der Waals surface area contributed by atoms with E-state index in [1.807, 2.05) is 13.0 Å². The van der Waals surface area contributed by atoms with Gasteiger partial charge in [0, 0.05) is 6.07 Å². The van der Waals surface area contributed by atoms with E-state index < -0.39 is 0 Å². The van der Waals surface area contributed by atoms with Gasteiger partial charge in [-0.15, -0.1) is 0 Å². The zero-order valence-electron chi connectivity index (χ0n) is 15.7. The van der Waals surface area contributed by atoms with Crippen molar-refractivity contribution in [3.8, 4) is 5.75 Å². The summed E-state index contributed by atoms with van der Waals surface area (Å²) in [6.45, 7) is 4.03. The van der Waals surface area contributed by atoms with Gasteiger partial charge in [-0.3, -0.25) is 4.79 Å². The van der Waals surface area contributed by atoms with Crippen molar-refractivity contribution in [1.82, 2.24) is 0 Å². The number of ketones is 1. The number of hydrogen-bond acceptors (Lipinski definition) is 4. The highest BCUT2D eigenvalue weighted by molar-refractivity contribution is 6.07. The maximum absolute atomic E-state index is 13.0. The number of ether oxygens (including phenoxy) is 1. The second-order valence-electron chi connectivity index (χ2n) is 7.91. The Morgan fingerprint density at radius 1 is 1.12 bits per heavy atom. The lowest BCUT2D eigenvalue weighted by atomic mass is 9.77. The van der Waals surface area contributed by atoms with Crippen LogP contribution in [0.2, 0.25) is 0 Å². The van der Waals surface area contributed by atoms with Gasteiger partial charge < -0.3 is 9.15 Å². The first-order chi connectivity index (χ1) is 12.5. The van der Waals surface area contributed by atoms with Crippen molar-refractivity contribution in [2.75, 3.05) is 0 Å². The van der Waals surface area contributed by atoms with Crippen LogP contribution in [-0.4, -0.2) is 11.4 Å². The van der Waals surface area contributed by atoms with Gasteiger partial charge in [0.2, 0.25) is 0 Å². The Morgan fingerprint density at radius 3 is 2.62 bits per heavy atom. The Kier molecular flexibility index (Phi) is 4.37. The van der Waals surface area contributed by atoms with Crippen molar-refractivity contribution in [1.29, 1.82) is 0 Å². The van der Waals surface area contributed by atoms with Gasteiger partial charge in [-0.1, -0.05) is 19.8 Å². The van der Waals surface area contributed by atoms with Gasteiger partial charge in [0.05, 0.1) is 17.4 Å². The molecule has 0 amide bonds. The second kappa shape index (κ2) is 6.57. The number of aryl methyl sites for hydroxylation is 2. The number of carbonyl (C=O) groups excluding carboxylic acids is 1. The van der Waals surface area contributed by atoms with Gasteiger partial charge in [-0.25, -0.2) is 4.79 Å². The molecule has 1 fully saturated rings. The van der Waals surface area contributed by atoms with Crippen LogP contribution in [0.15, 0.2) is 21.3 Å². The normalized spacial score (nSPS) is 18.8. The van der Waals surface area contributed by atoms with Crippen LogP contribution in [-0.2, 0) is 6.42 Å². The van der Waals surface area contributed by atoms with Gasteiger partial charge in [0.1, 0.15) is 16.9 Å². The van der Waals surface area contributed by atoms with Crippen LogP contribution >= 0.6 is 0 Å². The minimum atomic E-state index is -0.374. The zero-order valence-corrected chi connectivity index (χ0v) is 15.7. The predicted molar refractivity (Wildman–Crippen MR) is 101 cm³/mol. The van der Waals surface area contributed by atoms with Gasteiger partial charge in [0.15, 0.2) is 5.78 Å². The minimum absolute atomic E-state index is 0.167. The topological polar surface area (TPSA) is 56.5 Å². The highest BCUT2D eigenvalue weighted by Crippen LogP contribution is 2.46. The fraction of sp³-hybridized carbons (Fsp3) is 0.545. The number of unbranched alkanes of at least 4 members (excludes halogenated alkanes) is 1. The van der Waals surface area contributed by atoms with Crippen molar-refractivity contribution in [2.24, 2.45) is 0 Å². The first-order valence-corrected chi connectivity index (χ1v) is 9.85. The molecule has 1 spiro atoms. The van der Waals surface area contributed by atoms with E-state index in [4.69, 9.17) is 9.15 Å². The average Bonchev–Trinajstić information content (AvgIpc) is 2.59. The Hall–Kier alpha value is -2.10. The standard InChI is InChI=1S/C22H26O4/c1-3-4-8-15-12-18(24)25-17-11-14(2)19-16(23)13-22(9-6-5-7-10-22)26-21(19)20(15)17/h11-12H,3-10,13H2,1-2H3. The molecule has 138 valence electrons. The third kappa shape index (κ3) is 2.85. The second-order valence-corrected chi connectivity index (χ2v) is 7.91. The van der Waals surface area contributed by atoms with E-state index >= 15 is 0 Å². The molecule has 0 radical (unpaired) electrons. The van der Waals surface area contributed by atoms with E-state index in [0.29, 0.717) is 23.3 Å². The molecule has 2 aliphatic rings. The summed E-state index contributed by atoms with van der Waals surface area (Å²) in [6.07, 6.45) is 8.54. The van der Waals surface area contributed by atoms with Gasteiger partial charge in [-0.2, -0.15) is 0 Å². The molecule has 2 aromatic rings. The summed E-state index contributed by atoms with van der Waals surface area (Å²) < 4.78 is 12.1. The van der Waals surface area contributed by atoms with Gasteiger partial charge >= 0.3 is 5.63 Å². The summed E-state index contributed by atoms with van der Waals surface area (Å²) in [5.74, 6) is 0.827. The van der Waals surface area contributed by atoms with Crippen molar-refractivity contribution >= 4 is 16.8 Å². The number of Topliss-reactive ketones (excluding diaryl/α,β-unsaturated/α-hetero) is 1. The largest absolute Gasteiger partial charge is 0.485 e. The number of fused-ring (bicyclic) bond motifs is 3. The number of benzene rings is 1. The molecule has 0 unspecified atom stereocenters. The lowest BCUT2D eigenvalue weighted by molar-refractivity contribution is 0.0147. The van der Waals surface area contributed by atoms with Crippen LogP contribution in [0.25, 0.3) is 11.0 Å². The molecule has 0 bridgehead atoms. The van der Waals surface area contributed by atoms with Crippen LogP contribution in [0.5, 0.6) is 5.75 Å². The Morgan fingerprint density at radius 2 is 1.88 bits per heavy atom. The molecular formula is C22H26O4. The predicted octanol–water partition coefficient (Wildman–Crippen LogP) is 5.11. The van der Waals surface area contributed by atoms with Crippen LogP contribution in [0.3, 0.4) is 0 Å². The first kappa shape index (κ1) is 17.3. The van der Waals surface area contributed by atoms with Crippen LogP contribution in [0.4, 0.5) is 0 Å². The molecule has 2 heterocycles. The highest BCUT2D eigenvalue weighted by Gasteiger charge is 2.43. The molecule has 1 aromatic carbocycles. The molecule has 1 aliphatic carbocycles. The monoisotopic (exact) mass is 354 g/mol. The molecule has 4 nitrogen and oxygen atoms in total. The summed E-state index contributed by atoms with van der Waals surface area (Å²) in [7, 11) is 0. The Labute approximate surface area is 153 Å². The molecule has 1 aromatic heterocycles. The average molecular weight is 354 g/mol. The SMILES string of the molecule is CCCCc1cc(=O)oc2cc(C)c3c(c12)OC1(CCCCC1)CC3=O. The lowest BCUT2D eigenvalue weighted by Crippen LogP contribution is -2.44. The number of hydrogen-bond donors (Lipinski definition) is 0. The summed E-state index contributed by atoms with van der Waals surface area (Å²) in [4.78, 5) is 25.1. The fourth-order valence-electron chi connectivity index (χ4n) is 4.62. The molecule has 0 N–H and O–H groups in total. The van der Waals surface area contributed by atoms with Crippen LogP contribution in [0, 0.1) is 6.92 Å². The molecule has 1 saturated carbocycles. The molecule has 4 heteroatoms. The molecule has 0 atom stereocenters.